The minimum atomic E-state index is -4.80. The first-order valence-electron chi connectivity index (χ1n) is 8.22. The van der Waals surface area contributed by atoms with E-state index < -0.39 is 34.6 Å². The number of hydrogen-bond donors (Lipinski definition) is 2. The second-order valence-electron chi connectivity index (χ2n) is 5.91. The smallest absolute Gasteiger partial charge is 0.383 e. The third-order valence-electron chi connectivity index (χ3n) is 3.95. The van der Waals surface area contributed by atoms with Gasteiger partial charge in [-0.25, -0.2) is 4.39 Å². The number of nitrogens with zero attached hydrogens (tertiary/aromatic N) is 2. The van der Waals surface area contributed by atoms with Gasteiger partial charge >= 0.3 is 12.1 Å². The van der Waals surface area contributed by atoms with Crippen LogP contribution < -0.4 is 21.5 Å². The van der Waals surface area contributed by atoms with Gasteiger partial charge in [0.25, 0.3) is 10.9 Å². The minimum absolute atomic E-state index is 0.0125. The largest absolute Gasteiger partial charge is 0.471 e. The van der Waals surface area contributed by atoms with Crippen molar-refractivity contribution < 1.29 is 26.8 Å². The molecule has 0 fully saturated rings. The molecule has 0 unspecified atom stereocenters. The lowest BCUT2D eigenvalue weighted by atomic mass is 10.1. The third kappa shape index (κ3) is 4.26. The maximum atomic E-state index is 14.3. The van der Waals surface area contributed by atoms with Crippen molar-refractivity contribution in [2.45, 2.75) is 12.7 Å². The van der Waals surface area contributed by atoms with Crippen LogP contribution in [0.15, 0.2) is 32.3 Å². The van der Waals surface area contributed by atoms with E-state index in [0.717, 1.165) is 6.07 Å². The van der Waals surface area contributed by atoms with Crippen LogP contribution in [0.1, 0.15) is 11.5 Å². The van der Waals surface area contributed by atoms with Gasteiger partial charge in [-0.3, -0.25) is 9.59 Å². The summed E-state index contributed by atoms with van der Waals surface area (Å²) < 4.78 is 60.8. The predicted molar refractivity (Wildman–Crippen MR) is 93.7 cm³/mol. The van der Waals surface area contributed by atoms with E-state index in [1.54, 1.807) is 0 Å². The van der Waals surface area contributed by atoms with Gasteiger partial charge in [-0.05, 0) is 6.07 Å². The van der Waals surface area contributed by atoms with Crippen molar-refractivity contribution in [2.75, 3.05) is 30.9 Å². The molecular weight excluding hydrogens is 400 g/mol. The van der Waals surface area contributed by atoms with E-state index in [9.17, 15) is 27.2 Å². The van der Waals surface area contributed by atoms with Crippen LogP contribution in [-0.4, -0.2) is 30.4 Å². The number of alkyl halides is 3. The van der Waals surface area contributed by atoms with Gasteiger partial charge in [0.15, 0.2) is 0 Å². The number of ether oxygens (including phenoxy) is 1. The van der Waals surface area contributed by atoms with Crippen LogP contribution in [-0.2, 0) is 17.5 Å². The van der Waals surface area contributed by atoms with Gasteiger partial charge in [0, 0.05) is 31.3 Å². The molecule has 0 bridgehead atoms. The molecule has 3 rings (SSSR count). The van der Waals surface area contributed by atoms with Gasteiger partial charge in [0.05, 0.1) is 6.61 Å². The summed E-state index contributed by atoms with van der Waals surface area (Å²) in [5.41, 5.74) is -1.19. The molecule has 0 aliphatic rings. The molecule has 8 nitrogen and oxygen atoms in total. The molecule has 0 saturated heterocycles. The summed E-state index contributed by atoms with van der Waals surface area (Å²) in [7, 11) is 1.48. The number of anilines is 2. The normalized spacial score (nSPS) is 11.8. The number of hydrogen-bond acceptors (Lipinski definition) is 8. The number of methoxy groups -OCH3 is 1. The van der Waals surface area contributed by atoms with Gasteiger partial charge in [-0.15, -0.1) is 0 Å². The number of aromatic nitrogens is 2. The molecule has 12 heteroatoms. The molecule has 154 valence electrons. The van der Waals surface area contributed by atoms with Crippen molar-refractivity contribution in [3.05, 3.63) is 55.9 Å². The molecule has 29 heavy (non-hydrogen) atoms. The van der Waals surface area contributed by atoms with Gasteiger partial charge < -0.3 is 19.9 Å². The molecule has 1 heterocycles. The average molecular weight is 414 g/mol. The fourth-order valence-electron chi connectivity index (χ4n) is 2.48. The lowest BCUT2D eigenvalue weighted by Gasteiger charge is -2.15. The van der Waals surface area contributed by atoms with E-state index in [1.165, 1.54) is 19.2 Å². The molecule has 0 spiro atoms. The summed E-state index contributed by atoms with van der Waals surface area (Å²) in [5.74, 6) is -2.71. The van der Waals surface area contributed by atoms with Gasteiger partial charge in [-0.1, -0.05) is 17.3 Å². The summed E-state index contributed by atoms with van der Waals surface area (Å²) in [6.07, 6.45) is -4.80. The third-order valence-corrected chi connectivity index (χ3v) is 3.95. The standard InChI is InChI=1S/C17H14F4N4O4/c1-28-5-4-22-11-12(14(27)13(11)26)23-7-9-3-2-8(6-10(9)18)15-24-16(29-25-15)17(19,20)21/h2-3,6,22-23H,4-5,7H2,1H3. The first-order valence-corrected chi connectivity index (χ1v) is 8.22. The summed E-state index contributed by atoms with van der Waals surface area (Å²) in [5, 5.41) is 8.63. The second kappa shape index (κ2) is 7.99. The molecule has 0 aliphatic carbocycles. The fraction of sp³-hybridized carbons (Fsp3) is 0.294. The Morgan fingerprint density at radius 1 is 1.14 bits per heavy atom. The van der Waals surface area contributed by atoms with Crippen molar-refractivity contribution in [3.8, 4) is 11.4 Å². The van der Waals surface area contributed by atoms with Crippen molar-refractivity contribution in [1.82, 2.24) is 10.1 Å². The monoisotopic (exact) mass is 414 g/mol. The summed E-state index contributed by atoms with van der Waals surface area (Å²) in [6.45, 7) is 0.500. The molecule has 3 aromatic rings. The molecular formula is C17H14F4N4O4. The topological polar surface area (TPSA) is 106 Å². The van der Waals surface area contributed by atoms with Gasteiger partial charge in [0.1, 0.15) is 17.2 Å². The van der Waals surface area contributed by atoms with Gasteiger partial charge in [-0.2, -0.15) is 18.2 Å². The summed E-state index contributed by atoms with van der Waals surface area (Å²) in [6, 6.07) is 3.55. The Kier molecular flexibility index (Phi) is 5.64. The zero-order chi connectivity index (χ0) is 21.2. The number of benzene rings is 1. The molecule has 0 saturated carbocycles. The quantitative estimate of drug-likeness (QED) is 0.328. The highest BCUT2D eigenvalue weighted by atomic mass is 19.4. The van der Waals surface area contributed by atoms with Crippen molar-refractivity contribution in [2.24, 2.45) is 0 Å². The lowest BCUT2D eigenvalue weighted by molar-refractivity contribution is -0.159. The van der Waals surface area contributed by atoms with E-state index in [1.807, 2.05) is 0 Å². The Bertz CT molecular complexity index is 1090. The number of nitrogens with one attached hydrogen (secondary N) is 2. The number of halogens is 4. The van der Waals surface area contributed by atoms with E-state index in [0.29, 0.717) is 13.2 Å². The van der Waals surface area contributed by atoms with E-state index in [4.69, 9.17) is 4.74 Å². The Balaban J connectivity index is 1.71. The lowest BCUT2D eigenvalue weighted by Crippen LogP contribution is -2.37. The Morgan fingerprint density at radius 2 is 1.83 bits per heavy atom. The minimum Gasteiger partial charge on any atom is -0.383 e. The van der Waals surface area contributed by atoms with Crippen molar-refractivity contribution in [1.29, 1.82) is 0 Å². The van der Waals surface area contributed by atoms with E-state index >= 15 is 0 Å². The second-order valence-corrected chi connectivity index (χ2v) is 5.91. The zero-order valence-corrected chi connectivity index (χ0v) is 14.9. The molecule has 2 N–H and O–H groups in total. The molecule has 0 radical (unpaired) electrons. The summed E-state index contributed by atoms with van der Waals surface area (Å²) in [4.78, 5) is 26.5. The average Bonchev–Trinajstić information content (AvgIpc) is 3.18. The van der Waals surface area contributed by atoms with Crippen LogP contribution >= 0.6 is 0 Å². The van der Waals surface area contributed by atoms with Crippen LogP contribution in [0.2, 0.25) is 0 Å². The molecule has 1 aromatic heterocycles. The highest BCUT2D eigenvalue weighted by Gasteiger charge is 2.38. The molecule has 0 atom stereocenters. The maximum absolute atomic E-state index is 14.3. The first-order chi connectivity index (χ1) is 13.7. The molecule has 2 aromatic carbocycles. The van der Waals surface area contributed by atoms with Gasteiger partial charge in [0.2, 0.25) is 5.82 Å². The van der Waals surface area contributed by atoms with E-state index in [2.05, 4.69) is 25.3 Å². The SMILES string of the molecule is COCCNc1c(NCc2ccc(-c3noc(C(F)(F)F)n3)cc2F)c(=O)c1=O. The number of rotatable bonds is 8. The zero-order valence-electron chi connectivity index (χ0n) is 14.9. The fourth-order valence-corrected chi connectivity index (χ4v) is 2.48. The predicted octanol–water partition coefficient (Wildman–Crippen LogP) is 2.16. The molecule has 0 aliphatic heterocycles. The van der Waals surface area contributed by atoms with E-state index in [-0.39, 0.29) is 29.0 Å². The van der Waals surface area contributed by atoms with Crippen LogP contribution in [0.25, 0.3) is 11.4 Å². The highest BCUT2D eigenvalue weighted by molar-refractivity contribution is 5.74. The summed E-state index contributed by atoms with van der Waals surface area (Å²) >= 11 is 0. The Hall–Kier alpha value is -3.28. The first kappa shape index (κ1) is 20.5. The maximum Gasteiger partial charge on any atom is 0.471 e. The van der Waals surface area contributed by atoms with Crippen molar-refractivity contribution in [3.63, 3.8) is 0 Å². The van der Waals surface area contributed by atoms with Crippen LogP contribution in [0.3, 0.4) is 0 Å². The Labute approximate surface area is 160 Å². The highest BCUT2D eigenvalue weighted by Crippen LogP contribution is 2.29. The van der Waals surface area contributed by atoms with Crippen LogP contribution in [0.5, 0.6) is 0 Å². The van der Waals surface area contributed by atoms with Crippen molar-refractivity contribution >= 4 is 11.4 Å². The Morgan fingerprint density at radius 3 is 2.41 bits per heavy atom. The van der Waals surface area contributed by atoms with Crippen LogP contribution in [0.4, 0.5) is 28.9 Å². The molecule has 0 amide bonds. The van der Waals surface area contributed by atoms with Crippen LogP contribution in [0, 0.1) is 5.82 Å².